The molecule has 0 radical (unpaired) electrons. The number of benzene rings is 1. The van der Waals surface area contributed by atoms with Gasteiger partial charge in [-0.1, -0.05) is 6.92 Å². The number of fused-ring (bicyclic) bond motifs is 1. The van der Waals surface area contributed by atoms with Crippen molar-refractivity contribution in [2.45, 2.75) is 45.8 Å². The lowest BCUT2D eigenvalue weighted by atomic mass is 10.1. The van der Waals surface area contributed by atoms with Crippen LogP contribution in [0.4, 0.5) is 5.69 Å². The summed E-state index contributed by atoms with van der Waals surface area (Å²) in [7, 11) is 0. The van der Waals surface area contributed by atoms with Crippen molar-refractivity contribution in [3.63, 3.8) is 0 Å². The molecule has 1 aromatic heterocycles. The molecule has 0 spiro atoms. The van der Waals surface area contributed by atoms with Crippen LogP contribution in [0.1, 0.15) is 44.5 Å². The average molecular weight is 342 g/mol. The smallest absolute Gasteiger partial charge is 0.339 e. The number of carbonyl (C=O) groups excluding carboxylic acids is 1. The molecule has 3 rings (SSSR count). The summed E-state index contributed by atoms with van der Waals surface area (Å²) in [5, 5.41) is 0.829. The number of hydrogen-bond acceptors (Lipinski definition) is 5. The molecular weight excluding hydrogens is 316 g/mol. The number of morpholine rings is 1. The molecule has 1 saturated heterocycles. The number of carbonyl (C=O) groups is 1. The highest BCUT2D eigenvalue weighted by Crippen LogP contribution is 2.28. The van der Waals surface area contributed by atoms with E-state index in [1.54, 1.807) is 12.3 Å². The molecule has 0 saturated carbocycles. The lowest BCUT2D eigenvalue weighted by molar-refractivity contribution is 0.00717. The second kappa shape index (κ2) is 7.00. The van der Waals surface area contributed by atoms with Crippen LogP contribution >= 0.6 is 0 Å². The van der Waals surface area contributed by atoms with Crippen LogP contribution < -0.4 is 4.90 Å². The Morgan fingerprint density at radius 3 is 2.88 bits per heavy atom. The number of pyridine rings is 1. The number of rotatable bonds is 3. The van der Waals surface area contributed by atoms with Crippen LogP contribution in [0.25, 0.3) is 10.9 Å². The first kappa shape index (κ1) is 17.7. The van der Waals surface area contributed by atoms with E-state index in [1.807, 2.05) is 26.8 Å². The van der Waals surface area contributed by atoms with Crippen molar-refractivity contribution in [3.8, 4) is 0 Å². The lowest BCUT2D eigenvalue weighted by Gasteiger charge is -2.37. The minimum atomic E-state index is -0.526. The summed E-state index contributed by atoms with van der Waals surface area (Å²) in [6.45, 7) is 10.1. The molecule has 0 amide bonds. The molecule has 2 aromatic rings. The number of ether oxygens (including phenoxy) is 2. The van der Waals surface area contributed by atoms with Gasteiger partial charge in [0.25, 0.3) is 0 Å². The Balaban J connectivity index is 2.01. The lowest BCUT2D eigenvalue weighted by Crippen LogP contribution is -2.45. The van der Waals surface area contributed by atoms with Gasteiger partial charge in [0.05, 0.1) is 30.3 Å². The largest absolute Gasteiger partial charge is 0.456 e. The maximum absolute atomic E-state index is 12.6. The van der Waals surface area contributed by atoms with Crippen LogP contribution in [-0.2, 0) is 9.47 Å². The molecule has 0 bridgehead atoms. The molecule has 1 aliphatic heterocycles. The zero-order valence-electron chi connectivity index (χ0n) is 15.4. The third kappa shape index (κ3) is 3.93. The topological polar surface area (TPSA) is 51.7 Å². The van der Waals surface area contributed by atoms with Gasteiger partial charge in [-0.25, -0.2) is 4.79 Å². The van der Waals surface area contributed by atoms with E-state index in [1.165, 1.54) is 0 Å². The summed E-state index contributed by atoms with van der Waals surface area (Å²) in [5.74, 6) is -0.314. The third-order valence-electron chi connectivity index (χ3n) is 4.37. The van der Waals surface area contributed by atoms with Crippen molar-refractivity contribution in [1.82, 2.24) is 4.98 Å². The van der Waals surface area contributed by atoms with Gasteiger partial charge in [-0.15, -0.1) is 0 Å². The molecule has 5 heteroatoms. The van der Waals surface area contributed by atoms with Crippen molar-refractivity contribution < 1.29 is 14.3 Å². The van der Waals surface area contributed by atoms with Crippen LogP contribution in [0, 0.1) is 0 Å². The molecule has 1 aliphatic rings. The highest BCUT2D eigenvalue weighted by molar-refractivity contribution is 6.04. The molecule has 0 aliphatic carbocycles. The van der Waals surface area contributed by atoms with E-state index in [9.17, 15) is 4.79 Å². The Morgan fingerprint density at radius 1 is 1.36 bits per heavy atom. The Morgan fingerprint density at radius 2 is 2.16 bits per heavy atom. The van der Waals surface area contributed by atoms with Crippen LogP contribution in [0.5, 0.6) is 0 Å². The Hall–Kier alpha value is -2.14. The fraction of sp³-hybridized carbons (Fsp3) is 0.500. The van der Waals surface area contributed by atoms with E-state index in [0.29, 0.717) is 11.6 Å². The van der Waals surface area contributed by atoms with Crippen molar-refractivity contribution in [2.75, 3.05) is 24.7 Å². The minimum Gasteiger partial charge on any atom is -0.456 e. The number of esters is 1. The standard InChI is InChI=1S/C20H26N2O3/c1-5-14-13-24-11-10-22(14)15-6-7-18-17(12-15)16(8-9-21-18)19(23)25-20(2,3)4/h6-9,12,14H,5,10-11,13H2,1-4H3/t14-/m0/s1. The van der Waals surface area contributed by atoms with Gasteiger partial charge in [-0.2, -0.15) is 0 Å². The second-order valence-electron chi connectivity index (χ2n) is 7.39. The maximum atomic E-state index is 12.6. The molecule has 1 aromatic carbocycles. The zero-order valence-corrected chi connectivity index (χ0v) is 15.4. The highest BCUT2D eigenvalue weighted by atomic mass is 16.6. The summed E-state index contributed by atoms with van der Waals surface area (Å²) >= 11 is 0. The fourth-order valence-electron chi connectivity index (χ4n) is 3.16. The Kier molecular flexibility index (Phi) is 4.95. The van der Waals surface area contributed by atoms with E-state index in [2.05, 4.69) is 28.9 Å². The first-order valence-corrected chi connectivity index (χ1v) is 8.85. The SMILES string of the molecule is CC[C@H]1COCCN1c1ccc2nccc(C(=O)OC(C)(C)C)c2c1. The molecule has 5 nitrogen and oxygen atoms in total. The van der Waals surface area contributed by atoms with Gasteiger partial charge in [0.15, 0.2) is 0 Å². The van der Waals surface area contributed by atoms with Gasteiger partial charge < -0.3 is 14.4 Å². The number of hydrogen-bond donors (Lipinski definition) is 0. The van der Waals surface area contributed by atoms with Gasteiger partial charge in [0.2, 0.25) is 0 Å². The Labute approximate surface area is 148 Å². The number of aromatic nitrogens is 1. The van der Waals surface area contributed by atoms with Crippen molar-refractivity contribution >= 4 is 22.6 Å². The van der Waals surface area contributed by atoms with Gasteiger partial charge in [-0.05, 0) is 51.5 Å². The van der Waals surface area contributed by atoms with Crippen LogP contribution in [0.15, 0.2) is 30.5 Å². The maximum Gasteiger partial charge on any atom is 0.339 e. The summed E-state index contributed by atoms with van der Waals surface area (Å²) in [5.41, 5.74) is 1.93. The number of nitrogens with zero attached hydrogens (tertiary/aromatic N) is 2. The summed E-state index contributed by atoms with van der Waals surface area (Å²) in [4.78, 5) is 19.3. The second-order valence-corrected chi connectivity index (χ2v) is 7.39. The monoisotopic (exact) mass is 342 g/mol. The van der Waals surface area contributed by atoms with E-state index < -0.39 is 5.60 Å². The summed E-state index contributed by atoms with van der Waals surface area (Å²) in [6, 6.07) is 8.18. The first-order chi connectivity index (χ1) is 11.9. The molecule has 1 atom stereocenters. The van der Waals surface area contributed by atoms with Gasteiger partial charge in [-0.3, -0.25) is 4.98 Å². The molecular formula is C20H26N2O3. The Bertz CT molecular complexity index is 767. The van der Waals surface area contributed by atoms with E-state index in [0.717, 1.165) is 42.8 Å². The molecule has 25 heavy (non-hydrogen) atoms. The van der Waals surface area contributed by atoms with Crippen molar-refractivity contribution in [1.29, 1.82) is 0 Å². The van der Waals surface area contributed by atoms with Gasteiger partial charge >= 0.3 is 5.97 Å². The normalized spacial score (nSPS) is 18.4. The number of anilines is 1. The molecule has 134 valence electrons. The van der Waals surface area contributed by atoms with Crippen molar-refractivity contribution in [2.24, 2.45) is 0 Å². The van der Waals surface area contributed by atoms with Crippen LogP contribution in [-0.4, -0.2) is 42.4 Å². The van der Waals surface area contributed by atoms with E-state index in [-0.39, 0.29) is 5.97 Å². The summed E-state index contributed by atoms with van der Waals surface area (Å²) in [6.07, 6.45) is 2.68. The predicted octanol–water partition coefficient (Wildman–Crippen LogP) is 3.81. The molecule has 2 heterocycles. The highest BCUT2D eigenvalue weighted by Gasteiger charge is 2.24. The van der Waals surface area contributed by atoms with Crippen LogP contribution in [0.2, 0.25) is 0 Å². The minimum absolute atomic E-state index is 0.314. The third-order valence-corrected chi connectivity index (χ3v) is 4.37. The fourth-order valence-corrected chi connectivity index (χ4v) is 3.16. The van der Waals surface area contributed by atoms with E-state index in [4.69, 9.17) is 9.47 Å². The van der Waals surface area contributed by atoms with Gasteiger partial charge in [0, 0.05) is 23.8 Å². The average Bonchev–Trinajstić information content (AvgIpc) is 2.59. The van der Waals surface area contributed by atoms with E-state index >= 15 is 0 Å². The quantitative estimate of drug-likeness (QED) is 0.794. The zero-order chi connectivity index (χ0) is 18.0. The first-order valence-electron chi connectivity index (χ1n) is 8.85. The summed E-state index contributed by atoms with van der Waals surface area (Å²) < 4.78 is 11.2. The predicted molar refractivity (Wildman–Crippen MR) is 99.2 cm³/mol. The molecule has 0 N–H and O–H groups in total. The molecule has 0 unspecified atom stereocenters. The van der Waals surface area contributed by atoms with Crippen LogP contribution in [0.3, 0.4) is 0 Å². The van der Waals surface area contributed by atoms with Gasteiger partial charge in [0.1, 0.15) is 5.60 Å². The van der Waals surface area contributed by atoms with Crippen molar-refractivity contribution in [3.05, 3.63) is 36.0 Å². The molecule has 1 fully saturated rings.